The van der Waals surface area contributed by atoms with Crippen LogP contribution >= 0.6 is 11.6 Å². The first-order valence-corrected chi connectivity index (χ1v) is 8.83. The molecule has 27 heavy (non-hydrogen) atoms. The van der Waals surface area contributed by atoms with Crippen molar-refractivity contribution in [2.24, 2.45) is 0 Å². The Bertz CT molecular complexity index is 960. The van der Waals surface area contributed by atoms with Crippen LogP contribution in [-0.4, -0.2) is 18.0 Å². The van der Waals surface area contributed by atoms with Gasteiger partial charge in [-0.05, 0) is 36.8 Å². The summed E-state index contributed by atoms with van der Waals surface area (Å²) >= 11 is 6.01. The molecular formula is C21H20ClN3O2. The second-order valence-corrected chi connectivity index (χ2v) is 6.48. The summed E-state index contributed by atoms with van der Waals surface area (Å²) < 4.78 is 5.35. The predicted molar refractivity (Wildman–Crippen MR) is 109 cm³/mol. The fourth-order valence-electron chi connectivity index (χ4n) is 2.63. The number of hydrogen-bond donors (Lipinski definition) is 2. The quantitative estimate of drug-likeness (QED) is 0.636. The standard InChI is InChI=1S/C21H20ClN3O2/c1-14-7-8-17(22)10-19(14)25-21(26)16-9-18(13-23-11-16)24-12-15-5-3-4-6-20(15)27-2/h3-11,13,24H,12H2,1-2H3,(H,25,26). The van der Waals surface area contributed by atoms with Gasteiger partial charge in [0.2, 0.25) is 0 Å². The molecule has 0 unspecified atom stereocenters. The topological polar surface area (TPSA) is 63.2 Å². The van der Waals surface area contributed by atoms with E-state index in [2.05, 4.69) is 15.6 Å². The van der Waals surface area contributed by atoms with Gasteiger partial charge in [-0.1, -0.05) is 35.9 Å². The van der Waals surface area contributed by atoms with Gasteiger partial charge in [0.1, 0.15) is 5.75 Å². The molecule has 6 heteroatoms. The first-order chi connectivity index (χ1) is 13.1. The van der Waals surface area contributed by atoms with Crippen molar-refractivity contribution in [3.63, 3.8) is 0 Å². The molecule has 2 N–H and O–H groups in total. The molecule has 2 aromatic carbocycles. The Labute approximate surface area is 163 Å². The van der Waals surface area contributed by atoms with Crippen LogP contribution < -0.4 is 15.4 Å². The van der Waals surface area contributed by atoms with E-state index >= 15 is 0 Å². The molecule has 5 nitrogen and oxygen atoms in total. The van der Waals surface area contributed by atoms with Crippen molar-refractivity contribution >= 4 is 28.9 Å². The molecule has 138 valence electrons. The minimum Gasteiger partial charge on any atom is -0.496 e. The van der Waals surface area contributed by atoms with E-state index in [0.29, 0.717) is 22.8 Å². The van der Waals surface area contributed by atoms with Crippen molar-refractivity contribution in [3.05, 3.63) is 82.6 Å². The summed E-state index contributed by atoms with van der Waals surface area (Å²) in [6.07, 6.45) is 3.21. The largest absolute Gasteiger partial charge is 0.496 e. The highest BCUT2D eigenvalue weighted by atomic mass is 35.5. The zero-order valence-electron chi connectivity index (χ0n) is 15.1. The fourth-order valence-corrected chi connectivity index (χ4v) is 2.80. The Morgan fingerprint density at radius 1 is 1.15 bits per heavy atom. The smallest absolute Gasteiger partial charge is 0.257 e. The first kappa shape index (κ1) is 18.7. The molecule has 1 amide bonds. The first-order valence-electron chi connectivity index (χ1n) is 8.45. The summed E-state index contributed by atoms with van der Waals surface area (Å²) in [5.41, 5.74) is 3.84. The maximum Gasteiger partial charge on any atom is 0.257 e. The van der Waals surface area contributed by atoms with E-state index in [4.69, 9.17) is 16.3 Å². The molecule has 1 heterocycles. The van der Waals surface area contributed by atoms with Crippen molar-refractivity contribution in [3.8, 4) is 5.75 Å². The summed E-state index contributed by atoms with van der Waals surface area (Å²) in [7, 11) is 1.64. The van der Waals surface area contributed by atoms with Crippen molar-refractivity contribution in [1.82, 2.24) is 4.98 Å². The Morgan fingerprint density at radius 3 is 2.78 bits per heavy atom. The summed E-state index contributed by atoms with van der Waals surface area (Å²) in [5.74, 6) is 0.567. The van der Waals surface area contributed by atoms with Gasteiger partial charge < -0.3 is 15.4 Å². The number of carbonyl (C=O) groups excluding carboxylic acids is 1. The lowest BCUT2D eigenvalue weighted by Gasteiger charge is -2.12. The highest BCUT2D eigenvalue weighted by Crippen LogP contribution is 2.22. The van der Waals surface area contributed by atoms with Crippen LogP contribution in [0.4, 0.5) is 11.4 Å². The lowest BCUT2D eigenvalue weighted by Crippen LogP contribution is -2.13. The summed E-state index contributed by atoms with van der Waals surface area (Å²) in [6, 6.07) is 14.9. The lowest BCUT2D eigenvalue weighted by atomic mass is 10.1. The van der Waals surface area contributed by atoms with Gasteiger partial charge in [0.25, 0.3) is 5.91 Å². The van der Waals surface area contributed by atoms with Gasteiger partial charge >= 0.3 is 0 Å². The minimum atomic E-state index is -0.242. The van der Waals surface area contributed by atoms with Crippen LogP contribution in [0, 0.1) is 6.92 Å². The maximum absolute atomic E-state index is 12.6. The van der Waals surface area contributed by atoms with Crippen LogP contribution in [0.15, 0.2) is 60.9 Å². The molecule has 0 aliphatic rings. The minimum absolute atomic E-state index is 0.242. The van der Waals surface area contributed by atoms with Crippen molar-refractivity contribution in [2.45, 2.75) is 13.5 Å². The number of para-hydroxylation sites is 1. The highest BCUT2D eigenvalue weighted by Gasteiger charge is 2.10. The van der Waals surface area contributed by atoms with E-state index in [1.165, 1.54) is 6.20 Å². The number of ether oxygens (including phenoxy) is 1. The third-order valence-corrected chi connectivity index (χ3v) is 4.36. The van der Waals surface area contributed by atoms with Crippen LogP contribution in [0.2, 0.25) is 5.02 Å². The summed E-state index contributed by atoms with van der Waals surface area (Å²) in [6.45, 7) is 2.47. The number of benzene rings is 2. The zero-order valence-corrected chi connectivity index (χ0v) is 15.9. The Morgan fingerprint density at radius 2 is 1.96 bits per heavy atom. The number of nitrogens with one attached hydrogen (secondary N) is 2. The lowest BCUT2D eigenvalue weighted by molar-refractivity contribution is 0.102. The summed E-state index contributed by atoms with van der Waals surface area (Å²) in [4.78, 5) is 16.7. The fraction of sp³-hybridized carbons (Fsp3) is 0.143. The Balaban J connectivity index is 1.71. The second kappa shape index (κ2) is 8.56. The van der Waals surface area contributed by atoms with Gasteiger partial charge in [-0.2, -0.15) is 0 Å². The van der Waals surface area contributed by atoms with E-state index in [1.807, 2.05) is 37.3 Å². The van der Waals surface area contributed by atoms with E-state index < -0.39 is 0 Å². The number of methoxy groups -OCH3 is 1. The number of aryl methyl sites for hydroxylation is 1. The molecule has 3 aromatic rings. The second-order valence-electron chi connectivity index (χ2n) is 6.04. The molecule has 0 bridgehead atoms. The third kappa shape index (κ3) is 4.77. The van der Waals surface area contributed by atoms with Crippen molar-refractivity contribution in [2.75, 3.05) is 17.7 Å². The van der Waals surface area contributed by atoms with Crippen LogP contribution in [-0.2, 0) is 6.54 Å². The van der Waals surface area contributed by atoms with Gasteiger partial charge in [-0.15, -0.1) is 0 Å². The van der Waals surface area contributed by atoms with E-state index in [9.17, 15) is 4.79 Å². The van der Waals surface area contributed by atoms with Crippen LogP contribution in [0.3, 0.4) is 0 Å². The Hall–Kier alpha value is -3.05. The van der Waals surface area contributed by atoms with Gasteiger partial charge in [-0.3, -0.25) is 9.78 Å². The van der Waals surface area contributed by atoms with Crippen molar-refractivity contribution < 1.29 is 9.53 Å². The SMILES string of the molecule is COc1ccccc1CNc1cncc(C(=O)Nc2cc(Cl)ccc2C)c1. The molecule has 0 fully saturated rings. The number of halogens is 1. The number of rotatable bonds is 6. The van der Waals surface area contributed by atoms with E-state index in [1.54, 1.807) is 31.5 Å². The number of aromatic nitrogens is 1. The monoisotopic (exact) mass is 381 g/mol. The van der Waals surface area contributed by atoms with Gasteiger partial charge in [-0.25, -0.2) is 0 Å². The number of amides is 1. The number of pyridine rings is 1. The zero-order chi connectivity index (χ0) is 19.2. The maximum atomic E-state index is 12.6. The van der Waals surface area contributed by atoms with E-state index in [-0.39, 0.29) is 5.91 Å². The molecule has 1 aromatic heterocycles. The molecular weight excluding hydrogens is 362 g/mol. The Kier molecular flexibility index (Phi) is 5.94. The highest BCUT2D eigenvalue weighted by molar-refractivity contribution is 6.31. The number of hydrogen-bond acceptors (Lipinski definition) is 4. The molecule has 0 radical (unpaired) electrons. The van der Waals surface area contributed by atoms with Gasteiger partial charge in [0.05, 0.1) is 18.4 Å². The molecule has 0 aliphatic carbocycles. The van der Waals surface area contributed by atoms with Crippen molar-refractivity contribution in [1.29, 1.82) is 0 Å². The molecule has 0 spiro atoms. The van der Waals surface area contributed by atoms with Crippen LogP contribution in [0.1, 0.15) is 21.5 Å². The number of nitrogens with zero attached hydrogens (tertiary/aromatic N) is 1. The molecule has 3 rings (SSSR count). The predicted octanol–water partition coefficient (Wildman–Crippen LogP) is 4.92. The number of anilines is 2. The van der Waals surface area contributed by atoms with Gasteiger partial charge in [0, 0.05) is 35.2 Å². The molecule has 0 saturated carbocycles. The number of carbonyl (C=O) groups is 1. The van der Waals surface area contributed by atoms with Gasteiger partial charge in [0.15, 0.2) is 0 Å². The normalized spacial score (nSPS) is 10.3. The third-order valence-electron chi connectivity index (χ3n) is 4.12. The molecule has 0 aliphatic heterocycles. The molecule has 0 atom stereocenters. The summed E-state index contributed by atoms with van der Waals surface area (Å²) in [5, 5.41) is 6.72. The molecule has 0 saturated heterocycles. The average molecular weight is 382 g/mol. The average Bonchev–Trinajstić information content (AvgIpc) is 2.69. The van der Waals surface area contributed by atoms with Crippen LogP contribution in [0.25, 0.3) is 0 Å². The van der Waals surface area contributed by atoms with Crippen LogP contribution in [0.5, 0.6) is 5.75 Å². The van der Waals surface area contributed by atoms with E-state index in [0.717, 1.165) is 22.6 Å².